The first kappa shape index (κ1) is 14.6. The van der Waals surface area contributed by atoms with Crippen molar-refractivity contribution in [2.24, 2.45) is 0 Å². The first-order valence-corrected chi connectivity index (χ1v) is 4.90. The summed E-state index contributed by atoms with van der Waals surface area (Å²) in [6.07, 6.45) is -8.57. The van der Waals surface area contributed by atoms with Crippen molar-refractivity contribution in [3.8, 4) is 5.75 Å². The second kappa shape index (κ2) is 5.47. The molecule has 0 saturated carbocycles. The number of pyridine rings is 1. The number of aldehydes is 1. The third kappa shape index (κ3) is 3.52. The smallest absolute Gasteiger partial charge is 0.403 e. The van der Waals surface area contributed by atoms with Crippen molar-refractivity contribution in [1.29, 1.82) is 0 Å². The van der Waals surface area contributed by atoms with Gasteiger partial charge in [-0.2, -0.15) is 0 Å². The molecule has 0 unspecified atom stereocenters. The van der Waals surface area contributed by atoms with E-state index in [0.29, 0.717) is 0 Å². The Morgan fingerprint density at radius 2 is 2.06 bits per heavy atom. The zero-order chi connectivity index (χ0) is 13.9. The van der Waals surface area contributed by atoms with E-state index in [4.69, 9.17) is 11.6 Å². The number of ether oxygens (including phenoxy) is 1. The number of hydrogen-bond donors (Lipinski definition) is 0. The lowest BCUT2D eigenvalue weighted by Gasteiger charge is -2.14. The molecule has 0 aliphatic heterocycles. The van der Waals surface area contributed by atoms with E-state index < -0.39 is 29.8 Å². The predicted molar refractivity (Wildman–Crippen MR) is 50.8 cm³/mol. The van der Waals surface area contributed by atoms with Crippen molar-refractivity contribution in [3.05, 3.63) is 23.0 Å². The van der Waals surface area contributed by atoms with Crippen molar-refractivity contribution in [2.75, 3.05) is 0 Å². The van der Waals surface area contributed by atoms with Crippen LogP contribution in [0.15, 0.2) is 6.07 Å². The summed E-state index contributed by atoms with van der Waals surface area (Å²) in [6.45, 7) is 0. The average Bonchev–Trinajstić information content (AvgIpc) is 2.26. The van der Waals surface area contributed by atoms with Crippen LogP contribution in [0.1, 0.15) is 28.2 Å². The quantitative estimate of drug-likeness (QED) is 0.484. The van der Waals surface area contributed by atoms with Crippen LogP contribution in [0.3, 0.4) is 0 Å². The van der Waals surface area contributed by atoms with Crippen molar-refractivity contribution in [1.82, 2.24) is 4.98 Å². The van der Waals surface area contributed by atoms with Crippen LogP contribution in [0.2, 0.25) is 0 Å². The SMILES string of the molecule is O=Cc1cc(CCl)nc(C(F)F)c1OC(F)(F)F. The molecular weight excluding hydrogens is 285 g/mol. The number of aromatic nitrogens is 1. The highest BCUT2D eigenvalue weighted by Gasteiger charge is 2.35. The molecule has 0 spiro atoms. The van der Waals surface area contributed by atoms with Crippen LogP contribution in [0.25, 0.3) is 0 Å². The Morgan fingerprint density at radius 1 is 1.44 bits per heavy atom. The Hall–Kier alpha value is -1.44. The molecule has 0 aliphatic carbocycles. The van der Waals surface area contributed by atoms with Gasteiger partial charge in [-0.1, -0.05) is 0 Å². The van der Waals surface area contributed by atoms with Crippen LogP contribution in [0, 0.1) is 0 Å². The topological polar surface area (TPSA) is 39.2 Å². The van der Waals surface area contributed by atoms with Crippen LogP contribution < -0.4 is 4.74 Å². The molecule has 0 fully saturated rings. The highest BCUT2D eigenvalue weighted by molar-refractivity contribution is 6.16. The number of hydrogen-bond acceptors (Lipinski definition) is 3. The summed E-state index contributed by atoms with van der Waals surface area (Å²) < 4.78 is 64.7. The minimum absolute atomic E-state index is 0.0370. The zero-order valence-corrected chi connectivity index (χ0v) is 9.23. The summed E-state index contributed by atoms with van der Waals surface area (Å²) in [6, 6.07) is 0.854. The van der Waals surface area contributed by atoms with Gasteiger partial charge in [0.05, 0.1) is 17.1 Å². The van der Waals surface area contributed by atoms with Crippen LogP contribution in [-0.2, 0) is 5.88 Å². The van der Waals surface area contributed by atoms with Crippen LogP contribution in [-0.4, -0.2) is 17.6 Å². The molecule has 1 heterocycles. The normalized spacial score (nSPS) is 11.7. The third-order valence-corrected chi connectivity index (χ3v) is 2.04. The van der Waals surface area contributed by atoms with Gasteiger partial charge in [0.1, 0.15) is 5.69 Å². The summed E-state index contributed by atoms with van der Waals surface area (Å²) in [5, 5.41) is 0. The second-order valence-corrected chi connectivity index (χ2v) is 3.28. The molecule has 1 aromatic rings. The van der Waals surface area contributed by atoms with Crippen molar-refractivity contribution >= 4 is 17.9 Å². The molecule has 0 aliphatic rings. The van der Waals surface area contributed by atoms with Gasteiger partial charge < -0.3 is 4.74 Å². The fourth-order valence-corrected chi connectivity index (χ4v) is 1.30. The Kier molecular flexibility index (Phi) is 4.44. The summed E-state index contributed by atoms with van der Waals surface area (Å²) in [7, 11) is 0. The monoisotopic (exact) mass is 289 g/mol. The molecule has 9 heteroatoms. The van der Waals surface area contributed by atoms with Gasteiger partial charge in [-0.15, -0.1) is 24.8 Å². The number of halogens is 6. The Morgan fingerprint density at radius 3 is 2.44 bits per heavy atom. The maximum absolute atomic E-state index is 12.6. The molecule has 0 saturated heterocycles. The lowest BCUT2D eigenvalue weighted by molar-refractivity contribution is -0.275. The highest BCUT2D eigenvalue weighted by Crippen LogP contribution is 2.34. The molecule has 0 atom stereocenters. The lowest BCUT2D eigenvalue weighted by atomic mass is 10.2. The summed E-state index contributed by atoms with van der Waals surface area (Å²) >= 11 is 5.33. The molecule has 0 amide bonds. The van der Waals surface area contributed by atoms with Gasteiger partial charge in [-0.05, 0) is 6.07 Å². The van der Waals surface area contributed by atoms with Crippen LogP contribution in [0.5, 0.6) is 5.75 Å². The molecule has 0 radical (unpaired) electrons. The van der Waals surface area contributed by atoms with E-state index in [2.05, 4.69) is 9.72 Å². The van der Waals surface area contributed by atoms with Gasteiger partial charge in [0.2, 0.25) is 0 Å². The maximum atomic E-state index is 12.6. The number of nitrogens with zero attached hydrogens (tertiary/aromatic N) is 1. The van der Waals surface area contributed by atoms with E-state index in [0.717, 1.165) is 6.07 Å². The van der Waals surface area contributed by atoms with E-state index in [9.17, 15) is 26.7 Å². The molecule has 0 N–H and O–H groups in total. The van der Waals surface area contributed by atoms with Crippen LogP contribution >= 0.6 is 11.6 Å². The predicted octanol–water partition coefficient (Wildman–Crippen LogP) is 3.47. The Balaban J connectivity index is 3.39. The van der Waals surface area contributed by atoms with E-state index in [1.54, 1.807) is 0 Å². The lowest BCUT2D eigenvalue weighted by Crippen LogP contribution is -2.20. The minimum atomic E-state index is -5.20. The van der Waals surface area contributed by atoms with Gasteiger partial charge in [-0.25, -0.2) is 13.8 Å². The molecule has 0 aromatic carbocycles. The van der Waals surface area contributed by atoms with Gasteiger partial charge in [-0.3, -0.25) is 4.79 Å². The molecule has 1 rings (SSSR count). The van der Waals surface area contributed by atoms with Gasteiger partial charge in [0.25, 0.3) is 6.43 Å². The molecule has 1 aromatic heterocycles. The van der Waals surface area contributed by atoms with E-state index in [1.165, 1.54) is 0 Å². The van der Waals surface area contributed by atoms with E-state index in [-0.39, 0.29) is 17.9 Å². The van der Waals surface area contributed by atoms with Gasteiger partial charge in [0, 0.05) is 0 Å². The van der Waals surface area contributed by atoms with Crippen LogP contribution in [0.4, 0.5) is 22.0 Å². The Labute approximate surface area is 103 Å². The average molecular weight is 290 g/mol. The standard InChI is InChI=1S/C9H5ClF5NO2/c10-2-5-1-4(3-17)7(18-9(13,14)15)6(16-5)8(11)12/h1,3,8H,2H2. The fraction of sp³-hybridized carbons (Fsp3) is 0.333. The molecule has 18 heavy (non-hydrogen) atoms. The summed E-state index contributed by atoms with van der Waals surface area (Å²) in [5.74, 6) is -1.63. The van der Waals surface area contributed by atoms with E-state index >= 15 is 0 Å². The maximum Gasteiger partial charge on any atom is 0.573 e. The fourth-order valence-electron chi connectivity index (χ4n) is 1.16. The number of carbonyl (C=O) groups excluding carboxylic acids is 1. The Bertz CT molecular complexity index is 449. The van der Waals surface area contributed by atoms with E-state index in [1.807, 2.05) is 0 Å². The second-order valence-electron chi connectivity index (χ2n) is 3.02. The first-order valence-electron chi connectivity index (χ1n) is 4.37. The summed E-state index contributed by atoms with van der Waals surface area (Å²) in [5.41, 5.74) is -2.11. The molecular formula is C9H5ClF5NO2. The number of alkyl halides is 6. The van der Waals surface area contributed by atoms with Crippen molar-refractivity contribution in [3.63, 3.8) is 0 Å². The summed E-state index contributed by atoms with van der Waals surface area (Å²) in [4.78, 5) is 13.8. The largest absolute Gasteiger partial charge is 0.573 e. The molecule has 3 nitrogen and oxygen atoms in total. The molecule has 100 valence electrons. The first-order chi connectivity index (χ1) is 8.28. The van der Waals surface area contributed by atoms with Gasteiger partial charge >= 0.3 is 6.36 Å². The van der Waals surface area contributed by atoms with Gasteiger partial charge in [0.15, 0.2) is 12.0 Å². The zero-order valence-electron chi connectivity index (χ0n) is 8.47. The van der Waals surface area contributed by atoms with Crippen molar-refractivity contribution < 1.29 is 31.5 Å². The highest BCUT2D eigenvalue weighted by atomic mass is 35.5. The third-order valence-electron chi connectivity index (χ3n) is 1.77. The minimum Gasteiger partial charge on any atom is -0.403 e. The van der Waals surface area contributed by atoms with Crippen molar-refractivity contribution in [2.45, 2.75) is 18.7 Å². The number of rotatable bonds is 4. The molecule has 0 bridgehead atoms. The number of carbonyl (C=O) groups is 1.